The molecule has 0 aromatic heterocycles. The van der Waals surface area contributed by atoms with Gasteiger partial charge in [0.25, 0.3) is 0 Å². The summed E-state index contributed by atoms with van der Waals surface area (Å²) in [6.45, 7) is 1.93. The lowest BCUT2D eigenvalue weighted by molar-refractivity contribution is -0.128. The van der Waals surface area contributed by atoms with Gasteiger partial charge in [0.1, 0.15) is 11.5 Å². The number of carbonyl (C=O) groups excluding carboxylic acids is 1. The molecule has 1 unspecified atom stereocenters. The second-order valence-corrected chi connectivity index (χ2v) is 4.98. The van der Waals surface area contributed by atoms with E-state index < -0.39 is 0 Å². The summed E-state index contributed by atoms with van der Waals surface area (Å²) in [7, 11) is 4.91. The summed E-state index contributed by atoms with van der Waals surface area (Å²) in [6, 6.07) is 5.65. The van der Waals surface area contributed by atoms with Crippen LogP contribution in [0.2, 0.25) is 0 Å². The molecule has 5 heteroatoms. The van der Waals surface area contributed by atoms with E-state index in [-0.39, 0.29) is 11.8 Å². The largest absolute Gasteiger partial charge is 0.497 e. The van der Waals surface area contributed by atoms with Crippen molar-refractivity contribution in [3.63, 3.8) is 0 Å². The quantitative estimate of drug-likeness (QED) is 0.795. The van der Waals surface area contributed by atoms with Crippen LogP contribution in [0.3, 0.4) is 0 Å². The van der Waals surface area contributed by atoms with Crippen LogP contribution in [0.1, 0.15) is 12.0 Å². The van der Waals surface area contributed by atoms with Crippen LogP contribution in [0.4, 0.5) is 0 Å². The lowest BCUT2D eigenvalue weighted by atomic mass is 10.1. The Morgan fingerprint density at radius 3 is 2.70 bits per heavy atom. The van der Waals surface area contributed by atoms with Crippen molar-refractivity contribution in [1.82, 2.24) is 4.90 Å². The molecule has 1 aromatic rings. The average Bonchev–Trinajstić information content (AvgIpc) is 2.79. The van der Waals surface area contributed by atoms with Crippen molar-refractivity contribution in [2.75, 3.05) is 34.5 Å². The molecule has 1 aliphatic heterocycles. The van der Waals surface area contributed by atoms with Gasteiger partial charge in [0.15, 0.2) is 0 Å². The van der Waals surface area contributed by atoms with Gasteiger partial charge in [-0.1, -0.05) is 0 Å². The van der Waals surface area contributed by atoms with Crippen molar-refractivity contribution >= 4 is 5.91 Å². The molecule has 1 aromatic carbocycles. The number of carbonyl (C=O) groups is 1. The number of amides is 1. The molecule has 0 spiro atoms. The van der Waals surface area contributed by atoms with Gasteiger partial charge < -0.3 is 19.1 Å². The molecule has 0 N–H and O–H groups in total. The maximum atomic E-state index is 12.0. The number of nitrogens with zero attached hydrogens (tertiary/aromatic N) is 1. The maximum absolute atomic E-state index is 12.0. The summed E-state index contributed by atoms with van der Waals surface area (Å²) >= 11 is 0. The number of likely N-dealkylation sites (tertiary alicyclic amines) is 1. The third-order valence-electron chi connectivity index (χ3n) is 3.55. The van der Waals surface area contributed by atoms with Gasteiger partial charge in [-0.3, -0.25) is 4.79 Å². The molecule has 0 bridgehead atoms. The minimum atomic E-state index is 0.171. The van der Waals surface area contributed by atoms with Gasteiger partial charge in [0, 0.05) is 44.2 Å². The molecule has 0 aliphatic carbocycles. The highest BCUT2D eigenvalue weighted by Crippen LogP contribution is 2.28. The molecule has 1 aliphatic rings. The molecule has 1 fully saturated rings. The Morgan fingerprint density at radius 1 is 1.25 bits per heavy atom. The van der Waals surface area contributed by atoms with Crippen molar-refractivity contribution < 1.29 is 19.0 Å². The molecule has 2 rings (SSSR count). The third kappa shape index (κ3) is 3.22. The zero-order valence-electron chi connectivity index (χ0n) is 12.2. The summed E-state index contributed by atoms with van der Waals surface area (Å²) < 4.78 is 15.7. The highest BCUT2D eigenvalue weighted by molar-refractivity contribution is 5.78. The zero-order valence-corrected chi connectivity index (χ0v) is 12.2. The molecule has 1 amide bonds. The molecular formula is C15H21NO4. The summed E-state index contributed by atoms with van der Waals surface area (Å²) in [5, 5.41) is 0. The maximum Gasteiger partial charge on any atom is 0.223 e. The first-order chi connectivity index (χ1) is 9.67. The highest BCUT2D eigenvalue weighted by atomic mass is 16.5. The SMILES string of the molecule is COCC1CC(=O)N(Cc2ccc(OC)cc2OC)C1. The van der Waals surface area contributed by atoms with Gasteiger partial charge in [-0.2, -0.15) is 0 Å². The van der Waals surface area contributed by atoms with E-state index in [2.05, 4.69) is 0 Å². The van der Waals surface area contributed by atoms with E-state index in [9.17, 15) is 4.79 Å². The van der Waals surface area contributed by atoms with Gasteiger partial charge in [-0.15, -0.1) is 0 Å². The van der Waals surface area contributed by atoms with Gasteiger partial charge >= 0.3 is 0 Å². The normalized spacial score (nSPS) is 18.4. The van der Waals surface area contributed by atoms with Gasteiger partial charge in [-0.25, -0.2) is 0 Å². The fourth-order valence-electron chi connectivity index (χ4n) is 2.54. The van der Waals surface area contributed by atoms with Crippen LogP contribution in [-0.2, 0) is 16.1 Å². The molecule has 0 saturated carbocycles. The van der Waals surface area contributed by atoms with Crippen molar-refractivity contribution in [2.45, 2.75) is 13.0 Å². The zero-order chi connectivity index (χ0) is 14.5. The van der Waals surface area contributed by atoms with Crippen LogP contribution in [0.5, 0.6) is 11.5 Å². The van der Waals surface area contributed by atoms with Crippen LogP contribution in [-0.4, -0.2) is 45.3 Å². The second-order valence-electron chi connectivity index (χ2n) is 4.98. The number of hydrogen-bond donors (Lipinski definition) is 0. The molecule has 110 valence electrons. The molecule has 1 heterocycles. The van der Waals surface area contributed by atoms with Crippen LogP contribution in [0.25, 0.3) is 0 Å². The smallest absolute Gasteiger partial charge is 0.223 e. The fourth-order valence-corrected chi connectivity index (χ4v) is 2.54. The number of rotatable bonds is 6. The van der Waals surface area contributed by atoms with Crippen LogP contribution in [0.15, 0.2) is 18.2 Å². The second kappa shape index (κ2) is 6.61. The molecular weight excluding hydrogens is 258 g/mol. The first-order valence-electron chi connectivity index (χ1n) is 6.65. The number of benzene rings is 1. The third-order valence-corrected chi connectivity index (χ3v) is 3.55. The van der Waals surface area contributed by atoms with Crippen LogP contribution in [0, 0.1) is 5.92 Å². The van der Waals surface area contributed by atoms with Gasteiger partial charge in [0.05, 0.1) is 20.8 Å². The van der Waals surface area contributed by atoms with Crippen molar-refractivity contribution in [3.05, 3.63) is 23.8 Å². The van der Waals surface area contributed by atoms with Crippen molar-refractivity contribution in [1.29, 1.82) is 0 Å². The molecule has 5 nitrogen and oxygen atoms in total. The highest BCUT2D eigenvalue weighted by Gasteiger charge is 2.29. The minimum absolute atomic E-state index is 0.171. The Morgan fingerprint density at radius 2 is 2.05 bits per heavy atom. The standard InChI is InChI=1S/C15H21NO4/c1-18-10-11-6-15(17)16(8-11)9-12-4-5-13(19-2)7-14(12)20-3/h4-5,7,11H,6,8-10H2,1-3H3. The summed E-state index contributed by atoms with van der Waals surface area (Å²) in [4.78, 5) is 13.8. The Balaban J connectivity index is 2.08. The summed E-state index contributed by atoms with van der Waals surface area (Å²) in [5.41, 5.74) is 0.986. The Labute approximate surface area is 119 Å². The Bertz CT molecular complexity index is 475. The first kappa shape index (κ1) is 14.7. The van der Waals surface area contributed by atoms with Crippen LogP contribution >= 0.6 is 0 Å². The van der Waals surface area contributed by atoms with E-state index in [1.54, 1.807) is 21.3 Å². The van der Waals surface area contributed by atoms with Crippen molar-refractivity contribution in [2.24, 2.45) is 5.92 Å². The predicted molar refractivity (Wildman–Crippen MR) is 74.9 cm³/mol. The summed E-state index contributed by atoms with van der Waals surface area (Å²) in [5.74, 6) is 1.95. The van der Waals surface area contributed by atoms with E-state index >= 15 is 0 Å². The molecule has 20 heavy (non-hydrogen) atoms. The van der Waals surface area contributed by atoms with E-state index in [4.69, 9.17) is 14.2 Å². The molecule has 0 radical (unpaired) electrons. The van der Waals surface area contributed by atoms with Crippen molar-refractivity contribution in [3.8, 4) is 11.5 Å². The van der Waals surface area contributed by atoms with E-state index in [1.165, 1.54) is 0 Å². The number of ether oxygens (including phenoxy) is 3. The first-order valence-corrected chi connectivity index (χ1v) is 6.65. The lowest BCUT2D eigenvalue weighted by Crippen LogP contribution is -2.25. The Kier molecular flexibility index (Phi) is 4.84. The van der Waals surface area contributed by atoms with E-state index in [1.807, 2.05) is 23.1 Å². The van der Waals surface area contributed by atoms with Gasteiger partial charge in [0.2, 0.25) is 5.91 Å². The van der Waals surface area contributed by atoms with E-state index in [0.29, 0.717) is 19.6 Å². The topological polar surface area (TPSA) is 48.0 Å². The number of methoxy groups -OCH3 is 3. The van der Waals surface area contributed by atoms with Gasteiger partial charge in [-0.05, 0) is 12.1 Å². The van der Waals surface area contributed by atoms with E-state index in [0.717, 1.165) is 23.6 Å². The lowest BCUT2D eigenvalue weighted by Gasteiger charge is -2.19. The summed E-state index contributed by atoms with van der Waals surface area (Å²) in [6.07, 6.45) is 0.562. The molecule has 1 saturated heterocycles. The Hall–Kier alpha value is -1.75. The monoisotopic (exact) mass is 279 g/mol. The number of hydrogen-bond acceptors (Lipinski definition) is 4. The molecule has 1 atom stereocenters. The van der Waals surface area contributed by atoms with Crippen LogP contribution < -0.4 is 9.47 Å². The average molecular weight is 279 g/mol. The predicted octanol–water partition coefficient (Wildman–Crippen LogP) is 1.70. The minimum Gasteiger partial charge on any atom is -0.497 e. The fraction of sp³-hybridized carbons (Fsp3) is 0.533.